The van der Waals surface area contributed by atoms with Gasteiger partial charge in [0.2, 0.25) is 0 Å². The molecule has 0 saturated carbocycles. The average molecular weight is 407 g/mol. The minimum absolute atomic E-state index is 0.0232. The van der Waals surface area contributed by atoms with Gasteiger partial charge in [-0.25, -0.2) is 0 Å². The van der Waals surface area contributed by atoms with Crippen molar-refractivity contribution in [3.8, 4) is 0 Å². The molecule has 0 unspecified atom stereocenters. The number of hydrogen-bond acceptors (Lipinski definition) is 5. The number of amides is 1. The second-order valence-electron chi connectivity index (χ2n) is 7.00. The van der Waals surface area contributed by atoms with Crippen LogP contribution < -0.4 is 5.32 Å². The number of carbonyl (C=O) groups is 1. The second kappa shape index (κ2) is 8.55. The smallest absolute Gasteiger partial charge is 0.282 e. The van der Waals surface area contributed by atoms with Gasteiger partial charge < -0.3 is 5.32 Å². The molecular formula is C22H21N3O3S. The van der Waals surface area contributed by atoms with Crippen molar-refractivity contribution in [1.29, 1.82) is 0 Å². The van der Waals surface area contributed by atoms with Crippen LogP contribution in [0.1, 0.15) is 32.4 Å². The Morgan fingerprint density at radius 2 is 1.86 bits per heavy atom. The SMILES string of the molecule is O=C(NC[C@@H](c1cccs1)N1CCc2ccccc2C1)c1ccccc1[N+](=O)[O-]. The lowest BCUT2D eigenvalue weighted by Gasteiger charge is -2.35. The first-order valence-corrected chi connectivity index (χ1v) is 10.4. The van der Waals surface area contributed by atoms with Crippen LogP contribution in [0.3, 0.4) is 0 Å². The zero-order chi connectivity index (χ0) is 20.2. The van der Waals surface area contributed by atoms with Gasteiger partial charge in [-0.05, 0) is 35.1 Å². The van der Waals surface area contributed by atoms with E-state index in [-0.39, 0.29) is 17.3 Å². The van der Waals surface area contributed by atoms with E-state index in [9.17, 15) is 14.9 Å². The highest BCUT2D eigenvalue weighted by molar-refractivity contribution is 7.10. The highest BCUT2D eigenvalue weighted by Crippen LogP contribution is 2.30. The number of thiophene rings is 1. The molecule has 2 aromatic carbocycles. The number of benzene rings is 2. The normalized spacial score (nSPS) is 14.8. The molecular weight excluding hydrogens is 386 g/mol. The van der Waals surface area contributed by atoms with Gasteiger partial charge in [-0.2, -0.15) is 0 Å². The molecule has 7 heteroatoms. The molecule has 29 heavy (non-hydrogen) atoms. The summed E-state index contributed by atoms with van der Waals surface area (Å²) in [6, 6.07) is 18.6. The summed E-state index contributed by atoms with van der Waals surface area (Å²) in [6.07, 6.45) is 0.968. The molecule has 1 amide bonds. The van der Waals surface area contributed by atoms with Crippen LogP contribution in [0.2, 0.25) is 0 Å². The van der Waals surface area contributed by atoms with E-state index in [4.69, 9.17) is 0 Å². The summed E-state index contributed by atoms with van der Waals surface area (Å²) >= 11 is 1.66. The molecule has 0 spiro atoms. The van der Waals surface area contributed by atoms with Crippen LogP contribution in [0, 0.1) is 10.1 Å². The van der Waals surface area contributed by atoms with E-state index in [2.05, 4.69) is 40.5 Å². The molecule has 1 aliphatic heterocycles. The van der Waals surface area contributed by atoms with Crippen LogP contribution >= 0.6 is 11.3 Å². The third-order valence-electron chi connectivity index (χ3n) is 5.27. The first-order chi connectivity index (χ1) is 14.1. The maximum atomic E-state index is 12.7. The van der Waals surface area contributed by atoms with E-state index in [1.165, 1.54) is 28.1 Å². The Hall–Kier alpha value is -3.03. The summed E-state index contributed by atoms with van der Waals surface area (Å²) in [5, 5.41) is 16.2. The van der Waals surface area contributed by atoms with Crippen LogP contribution in [0.5, 0.6) is 0 Å². The summed E-state index contributed by atoms with van der Waals surface area (Å²) in [6.45, 7) is 2.12. The fourth-order valence-corrected chi connectivity index (χ4v) is 4.64. The van der Waals surface area contributed by atoms with E-state index in [0.717, 1.165) is 19.5 Å². The van der Waals surface area contributed by atoms with Crippen molar-refractivity contribution >= 4 is 22.9 Å². The van der Waals surface area contributed by atoms with Crippen LogP contribution in [0.15, 0.2) is 66.0 Å². The van der Waals surface area contributed by atoms with Crippen LogP contribution in [-0.4, -0.2) is 28.8 Å². The molecule has 0 saturated heterocycles. The molecule has 3 aromatic rings. The molecule has 1 aliphatic rings. The maximum Gasteiger partial charge on any atom is 0.282 e. The molecule has 0 bridgehead atoms. The fraction of sp³-hybridized carbons (Fsp3) is 0.227. The molecule has 0 aliphatic carbocycles. The number of nitrogens with zero attached hydrogens (tertiary/aromatic N) is 2. The predicted octanol–water partition coefficient (Wildman–Crippen LogP) is 4.19. The third kappa shape index (κ3) is 4.21. The van der Waals surface area contributed by atoms with E-state index < -0.39 is 10.8 Å². The van der Waals surface area contributed by atoms with Crippen molar-refractivity contribution in [2.45, 2.75) is 19.0 Å². The molecule has 4 rings (SSSR count). The van der Waals surface area contributed by atoms with Gasteiger partial charge in [0.05, 0.1) is 11.0 Å². The highest BCUT2D eigenvalue weighted by Gasteiger charge is 2.27. The Bertz CT molecular complexity index is 1020. The lowest BCUT2D eigenvalue weighted by Crippen LogP contribution is -2.40. The Morgan fingerprint density at radius 1 is 1.10 bits per heavy atom. The molecule has 2 heterocycles. The molecule has 0 fully saturated rings. The quantitative estimate of drug-likeness (QED) is 0.491. The van der Waals surface area contributed by atoms with Crippen molar-refractivity contribution in [1.82, 2.24) is 10.2 Å². The average Bonchev–Trinajstić information content (AvgIpc) is 3.28. The number of nitro groups is 1. The Labute approximate surface area is 172 Å². The number of nitro benzene ring substituents is 1. The van der Waals surface area contributed by atoms with Gasteiger partial charge in [0.1, 0.15) is 5.56 Å². The third-order valence-corrected chi connectivity index (χ3v) is 6.25. The molecule has 148 valence electrons. The molecule has 1 atom stereocenters. The van der Waals surface area contributed by atoms with Gasteiger partial charge in [-0.1, -0.05) is 42.5 Å². The van der Waals surface area contributed by atoms with Crippen molar-refractivity contribution in [2.24, 2.45) is 0 Å². The Balaban J connectivity index is 1.52. The monoisotopic (exact) mass is 407 g/mol. The topological polar surface area (TPSA) is 75.5 Å². The number of fused-ring (bicyclic) bond motifs is 1. The molecule has 1 N–H and O–H groups in total. The first-order valence-electron chi connectivity index (χ1n) is 9.49. The van der Waals surface area contributed by atoms with Crippen molar-refractivity contribution in [2.75, 3.05) is 13.1 Å². The lowest BCUT2D eigenvalue weighted by molar-refractivity contribution is -0.385. The van der Waals surface area contributed by atoms with E-state index in [1.54, 1.807) is 23.5 Å². The number of hydrogen-bond donors (Lipinski definition) is 1. The van der Waals surface area contributed by atoms with E-state index in [1.807, 2.05) is 11.4 Å². The highest BCUT2D eigenvalue weighted by atomic mass is 32.1. The Kier molecular flexibility index (Phi) is 5.69. The fourth-order valence-electron chi connectivity index (χ4n) is 3.78. The van der Waals surface area contributed by atoms with E-state index in [0.29, 0.717) is 6.54 Å². The van der Waals surface area contributed by atoms with Gasteiger partial charge in [0.25, 0.3) is 11.6 Å². The first kappa shape index (κ1) is 19.3. The summed E-state index contributed by atoms with van der Waals surface area (Å²) in [7, 11) is 0. The number of nitrogens with one attached hydrogen (secondary N) is 1. The summed E-state index contributed by atoms with van der Waals surface area (Å²) in [5.74, 6) is -0.420. The second-order valence-corrected chi connectivity index (χ2v) is 7.98. The summed E-state index contributed by atoms with van der Waals surface area (Å²) in [5.41, 5.74) is 2.60. The molecule has 1 aromatic heterocycles. The van der Waals surface area contributed by atoms with Crippen LogP contribution in [0.25, 0.3) is 0 Å². The van der Waals surface area contributed by atoms with E-state index >= 15 is 0 Å². The zero-order valence-electron chi connectivity index (χ0n) is 15.8. The maximum absolute atomic E-state index is 12.7. The summed E-state index contributed by atoms with van der Waals surface area (Å²) in [4.78, 5) is 27.0. The van der Waals surface area contributed by atoms with Crippen LogP contribution in [0.4, 0.5) is 5.69 Å². The predicted molar refractivity (Wildman–Crippen MR) is 113 cm³/mol. The largest absolute Gasteiger partial charge is 0.350 e. The minimum Gasteiger partial charge on any atom is -0.350 e. The molecule has 6 nitrogen and oxygen atoms in total. The van der Waals surface area contributed by atoms with Gasteiger partial charge in [0.15, 0.2) is 0 Å². The number of para-hydroxylation sites is 1. The number of rotatable bonds is 6. The minimum atomic E-state index is -0.521. The van der Waals surface area contributed by atoms with Crippen LogP contribution in [-0.2, 0) is 13.0 Å². The van der Waals surface area contributed by atoms with Crippen molar-refractivity contribution < 1.29 is 9.72 Å². The van der Waals surface area contributed by atoms with Crippen molar-refractivity contribution in [3.63, 3.8) is 0 Å². The number of carbonyl (C=O) groups excluding carboxylic acids is 1. The van der Waals surface area contributed by atoms with Gasteiger partial charge >= 0.3 is 0 Å². The standard InChI is InChI=1S/C22H21N3O3S/c26-22(18-8-3-4-9-19(18)25(27)28)23-14-20(21-10-5-13-29-21)24-12-11-16-6-1-2-7-17(16)15-24/h1-10,13,20H,11-12,14-15H2,(H,23,26)/t20-/m0/s1. The molecule has 0 radical (unpaired) electrons. The van der Waals surface area contributed by atoms with Crippen molar-refractivity contribution in [3.05, 3.63) is 97.7 Å². The summed E-state index contributed by atoms with van der Waals surface area (Å²) < 4.78 is 0. The van der Waals surface area contributed by atoms with Gasteiger partial charge in [-0.15, -0.1) is 11.3 Å². The van der Waals surface area contributed by atoms with Gasteiger partial charge in [0, 0.05) is 30.6 Å². The Morgan fingerprint density at radius 3 is 2.62 bits per heavy atom. The lowest BCUT2D eigenvalue weighted by atomic mass is 9.98. The zero-order valence-corrected chi connectivity index (χ0v) is 16.6. The van der Waals surface area contributed by atoms with Gasteiger partial charge in [-0.3, -0.25) is 19.8 Å².